The first-order valence-corrected chi connectivity index (χ1v) is 6.41. The minimum atomic E-state index is -0.593. The standard InChI is InChI=1S/C16H13FN2O2/c17-14-3-1-11(16(18)20)7-12(14)9-21-13-2-4-15-10(8-13)5-6-19-15/h1-8,19H,9H2,(H2,18,20). The molecule has 5 heteroatoms. The van der Waals surface area contributed by atoms with Gasteiger partial charge in [-0.05, 0) is 42.5 Å². The molecule has 3 rings (SSSR count). The lowest BCUT2D eigenvalue weighted by molar-refractivity contribution is 0.1000. The molecule has 3 N–H and O–H groups in total. The Kier molecular flexibility index (Phi) is 3.31. The van der Waals surface area contributed by atoms with Gasteiger partial charge in [0.25, 0.3) is 0 Å². The molecule has 1 amide bonds. The second-order valence-corrected chi connectivity index (χ2v) is 4.69. The number of aromatic nitrogens is 1. The van der Waals surface area contributed by atoms with E-state index in [4.69, 9.17) is 10.5 Å². The van der Waals surface area contributed by atoms with Crippen LogP contribution in [-0.2, 0) is 6.61 Å². The third kappa shape index (κ3) is 2.72. The number of nitrogens with one attached hydrogen (secondary N) is 1. The zero-order chi connectivity index (χ0) is 14.8. The molecule has 0 radical (unpaired) electrons. The van der Waals surface area contributed by atoms with Gasteiger partial charge in [-0.25, -0.2) is 4.39 Å². The predicted octanol–water partition coefficient (Wildman–Crippen LogP) is 2.98. The van der Waals surface area contributed by atoms with Gasteiger partial charge in [-0.2, -0.15) is 0 Å². The van der Waals surface area contributed by atoms with Gasteiger partial charge >= 0.3 is 0 Å². The Bertz CT molecular complexity index is 811. The molecule has 0 aliphatic carbocycles. The number of benzene rings is 2. The van der Waals surface area contributed by atoms with E-state index in [0.717, 1.165) is 10.9 Å². The lowest BCUT2D eigenvalue weighted by Gasteiger charge is -2.08. The van der Waals surface area contributed by atoms with Gasteiger partial charge in [-0.15, -0.1) is 0 Å². The minimum Gasteiger partial charge on any atom is -0.489 e. The number of fused-ring (bicyclic) bond motifs is 1. The summed E-state index contributed by atoms with van der Waals surface area (Å²) < 4.78 is 19.3. The quantitative estimate of drug-likeness (QED) is 0.773. The summed E-state index contributed by atoms with van der Waals surface area (Å²) in [6, 6.07) is 11.5. The number of aromatic amines is 1. The molecule has 4 nitrogen and oxygen atoms in total. The van der Waals surface area contributed by atoms with Crippen LogP contribution in [0.25, 0.3) is 10.9 Å². The normalized spacial score (nSPS) is 10.7. The summed E-state index contributed by atoms with van der Waals surface area (Å²) in [5.74, 6) is -0.390. The Morgan fingerprint density at radius 1 is 1.19 bits per heavy atom. The maximum atomic E-state index is 13.7. The Hall–Kier alpha value is -2.82. The Balaban J connectivity index is 1.80. The monoisotopic (exact) mass is 284 g/mol. The number of carbonyl (C=O) groups excluding carboxylic acids is 1. The molecular weight excluding hydrogens is 271 g/mol. The van der Waals surface area contributed by atoms with Crippen LogP contribution in [0.3, 0.4) is 0 Å². The average Bonchev–Trinajstić information content (AvgIpc) is 2.93. The molecule has 21 heavy (non-hydrogen) atoms. The fourth-order valence-electron chi connectivity index (χ4n) is 2.12. The van der Waals surface area contributed by atoms with Crippen molar-refractivity contribution in [1.29, 1.82) is 0 Å². The third-order valence-electron chi connectivity index (χ3n) is 3.25. The summed E-state index contributed by atoms with van der Waals surface area (Å²) >= 11 is 0. The summed E-state index contributed by atoms with van der Waals surface area (Å²) in [6.45, 7) is 0.0306. The van der Waals surface area contributed by atoms with Crippen molar-refractivity contribution in [3.8, 4) is 5.75 Å². The van der Waals surface area contributed by atoms with Gasteiger partial charge in [0.1, 0.15) is 18.2 Å². The molecular formula is C16H13FN2O2. The number of hydrogen-bond donors (Lipinski definition) is 2. The first-order valence-electron chi connectivity index (χ1n) is 6.41. The number of amides is 1. The first kappa shape index (κ1) is 13.2. The summed E-state index contributed by atoms with van der Waals surface area (Å²) in [7, 11) is 0. The van der Waals surface area contributed by atoms with Crippen LogP contribution >= 0.6 is 0 Å². The molecule has 0 bridgehead atoms. The SMILES string of the molecule is NC(=O)c1ccc(F)c(COc2ccc3[nH]ccc3c2)c1. The average molecular weight is 284 g/mol. The van der Waals surface area contributed by atoms with Crippen molar-refractivity contribution in [1.82, 2.24) is 4.98 Å². The van der Waals surface area contributed by atoms with Crippen LogP contribution in [0.5, 0.6) is 5.75 Å². The van der Waals surface area contributed by atoms with Crippen LogP contribution in [0.4, 0.5) is 4.39 Å². The largest absolute Gasteiger partial charge is 0.489 e. The number of carbonyl (C=O) groups is 1. The molecule has 0 saturated heterocycles. The second-order valence-electron chi connectivity index (χ2n) is 4.69. The number of H-pyrrole nitrogens is 1. The molecule has 0 unspecified atom stereocenters. The van der Waals surface area contributed by atoms with E-state index in [0.29, 0.717) is 11.3 Å². The topological polar surface area (TPSA) is 68.1 Å². The lowest BCUT2D eigenvalue weighted by atomic mass is 10.1. The highest BCUT2D eigenvalue weighted by molar-refractivity contribution is 5.92. The molecule has 0 saturated carbocycles. The van der Waals surface area contributed by atoms with Gasteiger partial charge in [0.15, 0.2) is 0 Å². The van der Waals surface area contributed by atoms with Crippen LogP contribution in [0.2, 0.25) is 0 Å². The van der Waals surface area contributed by atoms with E-state index < -0.39 is 11.7 Å². The van der Waals surface area contributed by atoms with E-state index in [9.17, 15) is 9.18 Å². The Labute approximate surface area is 120 Å². The summed E-state index contributed by atoms with van der Waals surface area (Å²) in [6.07, 6.45) is 1.84. The number of nitrogens with two attached hydrogens (primary N) is 1. The highest BCUT2D eigenvalue weighted by atomic mass is 19.1. The maximum absolute atomic E-state index is 13.7. The molecule has 1 heterocycles. The number of primary amides is 1. The summed E-state index contributed by atoms with van der Waals surface area (Å²) in [5.41, 5.74) is 6.74. The fourth-order valence-corrected chi connectivity index (χ4v) is 2.12. The number of halogens is 1. The van der Waals surface area contributed by atoms with Crippen LogP contribution in [0.1, 0.15) is 15.9 Å². The molecule has 0 fully saturated rings. The Morgan fingerprint density at radius 2 is 2.05 bits per heavy atom. The van der Waals surface area contributed by atoms with Crippen LogP contribution < -0.4 is 10.5 Å². The van der Waals surface area contributed by atoms with E-state index in [1.807, 2.05) is 24.4 Å². The molecule has 1 aromatic heterocycles. The van der Waals surface area contributed by atoms with E-state index in [-0.39, 0.29) is 12.2 Å². The predicted molar refractivity (Wildman–Crippen MR) is 77.5 cm³/mol. The zero-order valence-corrected chi connectivity index (χ0v) is 11.1. The van der Waals surface area contributed by atoms with Crippen molar-refractivity contribution in [2.45, 2.75) is 6.61 Å². The molecule has 0 aliphatic rings. The molecule has 0 atom stereocenters. The summed E-state index contributed by atoms with van der Waals surface area (Å²) in [4.78, 5) is 14.2. The fraction of sp³-hybridized carbons (Fsp3) is 0.0625. The highest BCUT2D eigenvalue weighted by Gasteiger charge is 2.08. The molecule has 3 aromatic rings. The van der Waals surface area contributed by atoms with Crippen molar-refractivity contribution in [2.75, 3.05) is 0 Å². The van der Waals surface area contributed by atoms with Gasteiger partial charge in [-0.1, -0.05) is 0 Å². The van der Waals surface area contributed by atoms with Crippen molar-refractivity contribution in [3.05, 3.63) is 65.6 Å². The van der Waals surface area contributed by atoms with Crippen molar-refractivity contribution >= 4 is 16.8 Å². The third-order valence-corrected chi connectivity index (χ3v) is 3.25. The maximum Gasteiger partial charge on any atom is 0.248 e. The van der Waals surface area contributed by atoms with Crippen LogP contribution in [0, 0.1) is 5.82 Å². The van der Waals surface area contributed by atoms with Crippen molar-refractivity contribution in [2.24, 2.45) is 5.73 Å². The van der Waals surface area contributed by atoms with E-state index in [1.54, 1.807) is 6.07 Å². The van der Waals surface area contributed by atoms with Gasteiger partial charge in [0, 0.05) is 28.2 Å². The van der Waals surface area contributed by atoms with Crippen molar-refractivity contribution < 1.29 is 13.9 Å². The van der Waals surface area contributed by atoms with Crippen molar-refractivity contribution in [3.63, 3.8) is 0 Å². The zero-order valence-electron chi connectivity index (χ0n) is 11.1. The van der Waals surface area contributed by atoms with E-state index in [2.05, 4.69) is 4.98 Å². The number of rotatable bonds is 4. The van der Waals surface area contributed by atoms with Crippen LogP contribution in [-0.4, -0.2) is 10.9 Å². The van der Waals surface area contributed by atoms with Gasteiger partial charge in [0.2, 0.25) is 5.91 Å². The Morgan fingerprint density at radius 3 is 2.86 bits per heavy atom. The molecule has 0 aliphatic heterocycles. The van der Waals surface area contributed by atoms with E-state index >= 15 is 0 Å². The molecule has 106 valence electrons. The highest BCUT2D eigenvalue weighted by Crippen LogP contribution is 2.21. The molecule has 2 aromatic carbocycles. The summed E-state index contributed by atoms with van der Waals surface area (Å²) in [5, 5.41) is 1.01. The number of hydrogen-bond acceptors (Lipinski definition) is 2. The van der Waals surface area contributed by atoms with E-state index in [1.165, 1.54) is 18.2 Å². The van der Waals surface area contributed by atoms with Crippen LogP contribution in [0.15, 0.2) is 48.7 Å². The first-order chi connectivity index (χ1) is 10.1. The van der Waals surface area contributed by atoms with Gasteiger partial charge < -0.3 is 15.5 Å². The minimum absolute atomic E-state index is 0.0306. The number of ether oxygens (including phenoxy) is 1. The lowest BCUT2D eigenvalue weighted by Crippen LogP contribution is -2.12. The van der Waals surface area contributed by atoms with Gasteiger partial charge in [0.05, 0.1) is 0 Å². The molecule has 0 spiro atoms. The van der Waals surface area contributed by atoms with Gasteiger partial charge in [-0.3, -0.25) is 4.79 Å². The second kappa shape index (κ2) is 5.28. The smallest absolute Gasteiger partial charge is 0.248 e.